The van der Waals surface area contributed by atoms with E-state index in [0.717, 1.165) is 34.1 Å². The van der Waals surface area contributed by atoms with E-state index in [1.807, 2.05) is 56.4 Å². The van der Waals surface area contributed by atoms with Crippen molar-refractivity contribution in [3.8, 4) is 17.2 Å². The van der Waals surface area contributed by atoms with Crippen LogP contribution in [0.5, 0.6) is 17.2 Å². The summed E-state index contributed by atoms with van der Waals surface area (Å²) in [6, 6.07) is 19.9. The van der Waals surface area contributed by atoms with E-state index in [1.54, 1.807) is 26.4 Å². The maximum Gasteiger partial charge on any atom is 0.261 e. The van der Waals surface area contributed by atoms with Crippen molar-refractivity contribution in [2.75, 3.05) is 18.9 Å². The molecule has 0 amide bonds. The standard InChI is InChI=1S/C32H31N3O6S/c1-19-29(20(2)41-34-19)18-40-23-9-11-24(12-10-23)42(36,37)35-22-7-5-21(6-8-22)26-15-27(26)25-13-14-33-30-17-32(39-4)31(38-3)16-28(25)30/h5-14,16-17,26-27,35H,15,18H2,1-4H3. The van der Waals surface area contributed by atoms with Crippen LogP contribution < -0.4 is 18.9 Å². The van der Waals surface area contributed by atoms with Crippen molar-refractivity contribution in [1.82, 2.24) is 10.1 Å². The molecule has 0 saturated heterocycles. The van der Waals surface area contributed by atoms with Crippen LogP contribution in [0.3, 0.4) is 0 Å². The van der Waals surface area contributed by atoms with E-state index in [-0.39, 0.29) is 4.90 Å². The number of anilines is 1. The molecule has 0 radical (unpaired) electrons. The van der Waals surface area contributed by atoms with Gasteiger partial charge in [0.15, 0.2) is 11.5 Å². The molecule has 2 heterocycles. The summed E-state index contributed by atoms with van der Waals surface area (Å²) in [6.45, 7) is 3.97. The van der Waals surface area contributed by atoms with Gasteiger partial charge in [-0.15, -0.1) is 0 Å². The maximum atomic E-state index is 13.0. The molecule has 2 aromatic heterocycles. The molecule has 0 spiro atoms. The highest BCUT2D eigenvalue weighted by Crippen LogP contribution is 2.56. The lowest BCUT2D eigenvalue weighted by atomic mass is 10.0. The Balaban J connectivity index is 1.12. The summed E-state index contributed by atoms with van der Waals surface area (Å²) >= 11 is 0. The van der Waals surface area contributed by atoms with Crippen molar-refractivity contribution in [3.63, 3.8) is 0 Å². The zero-order chi connectivity index (χ0) is 29.4. The number of nitrogens with one attached hydrogen (secondary N) is 1. The Hall–Kier alpha value is -4.57. The summed E-state index contributed by atoms with van der Waals surface area (Å²) in [5, 5.41) is 4.97. The molecule has 10 heteroatoms. The molecule has 0 aliphatic heterocycles. The maximum absolute atomic E-state index is 13.0. The molecule has 1 N–H and O–H groups in total. The van der Waals surface area contributed by atoms with Crippen molar-refractivity contribution >= 4 is 26.6 Å². The molecular formula is C32H31N3O6S. The molecule has 216 valence electrons. The lowest BCUT2D eigenvalue weighted by Gasteiger charge is -2.12. The zero-order valence-electron chi connectivity index (χ0n) is 23.7. The fraction of sp³-hybridized carbons (Fsp3) is 0.250. The number of benzene rings is 3. The molecule has 1 fully saturated rings. The highest BCUT2D eigenvalue weighted by molar-refractivity contribution is 7.92. The number of sulfonamides is 1. The highest BCUT2D eigenvalue weighted by atomic mass is 32.2. The van der Waals surface area contributed by atoms with Gasteiger partial charge >= 0.3 is 0 Å². The van der Waals surface area contributed by atoms with Crippen LogP contribution in [-0.4, -0.2) is 32.8 Å². The third-order valence-corrected chi connectivity index (χ3v) is 9.16. The minimum atomic E-state index is -3.77. The monoisotopic (exact) mass is 585 g/mol. The molecule has 5 aromatic rings. The second-order valence-corrected chi connectivity index (χ2v) is 12.0. The molecule has 6 rings (SSSR count). The first-order chi connectivity index (χ1) is 20.3. The third-order valence-electron chi connectivity index (χ3n) is 7.76. The first-order valence-electron chi connectivity index (χ1n) is 13.6. The average Bonchev–Trinajstić information content (AvgIpc) is 3.73. The van der Waals surface area contributed by atoms with E-state index in [0.29, 0.717) is 47.1 Å². The van der Waals surface area contributed by atoms with Gasteiger partial charge in [0.1, 0.15) is 18.1 Å². The number of pyridine rings is 1. The summed E-state index contributed by atoms with van der Waals surface area (Å²) in [7, 11) is -0.526. The van der Waals surface area contributed by atoms with E-state index in [1.165, 1.54) is 17.7 Å². The molecule has 0 bridgehead atoms. The van der Waals surface area contributed by atoms with Crippen molar-refractivity contribution in [3.05, 3.63) is 101 Å². The van der Waals surface area contributed by atoms with Gasteiger partial charge < -0.3 is 18.7 Å². The molecule has 2 atom stereocenters. The Labute approximate surface area is 244 Å². The first kappa shape index (κ1) is 27.6. The number of methoxy groups -OCH3 is 2. The van der Waals surface area contributed by atoms with Gasteiger partial charge in [0.2, 0.25) is 0 Å². The minimum absolute atomic E-state index is 0.148. The van der Waals surface area contributed by atoms with Crippen molar-refractivity contribution in [2.45, 2.75) is 43.6 Å². The SMILES string of the molecule is COc1cc2nccc(C3CC3c3ccc(NS(=O)(=O)c4ccc(OCc5c(C)noc5C)cc4)cc3)c2cc1OC. The van der Waals surface area contributed by atoms with Crippen molar-refractivity contribution < 1.29 is 27.2 Å². The van der Waals surface area contributed by atoms with E-state index < -0.39 is 10.0 Å². The third kappa shape index (κ3) is 5.37. The van der Waals surface area contributed by atoms with Gasteiger partial charge in [-0.1, -0.05) is 17.3 Å². The molecule has 3 aromatic carbocycles. The molecule has 1 aliphatic carbocycles. The summed E-state index contributed by atoms with van der Waals surface area (Å²) in [6.07, 6.45) is 2.83. The summed E-state index contributed by atoms with van der Waals surface area (Å²) in [5.41, 5.74) is 5.39. The topological polar surface area (TPSA) is 113 Å². The van der Waals surface area contributed by atoms with E-state index >= 15 is 0 Å². The number of aryl methyl sites for hydroxylation is 2. The number of aromatic nitrogens is 2. The Kier molecular flexibility index (Phi) is 7.24. The van der Waals surface area contributed by atoms with E-state index in [2.05, 4.69) is 20.9 Å². The molecule has 1 saturated carbocycles. The van der Waals surface area contributed by atoms with Crippen LogP contribution in [0.2, 0.25) is 0 Å². The van der Waals surface area contributed by atoms with Crippen molar-refractivity contribution in [1.29, 1.82) is 0 Å². The second kappa shape index (κ2) is 11.0. The smallest absolute Gasteiger partial charge is 0.261 e. The largest absolute Gasteiger partial charge is 0.493 e. The van der Waals surface area contributed by atoms with Gasteiger partial charge in [0.25, 0.3) is 10.0 Å². The quantitative estimate of drug-likeness (QED) is 0.197. The lowest BCUT2D eigenvalue weighted by molar-refractivity contribution is 0.301. The number of rotatable bonds is 10. The average molecular weight is 586 g/mol. The molecular weight excluding hydrogens is 554 g/mol. The molecule has 9 nitrogen and oxygen atoms in total. The fourth-order valence-electron chi connectivity index (χ4n) is 5.32. The Morgan fingerprint density at radius 2 is 1.64 bits per heavy atom. The molecule has 2 unspecified atom stereocenters. The number of fused-ring (bicyclic) bond motifs is 1. The van der Waals surface area contributed by atoms with Gasteiger partial charge in [0.05, 0.1) is 35.9 Å². The Bertz CT molecular complexity index is 1830. The Morgan fingerprint density at radius 1 is 0.929 bits per heavy atom. The van der Waals surface area contributed by atoms with Gasteiger partial charge in [-0.3, -0.25) is 9.71 Å². The lowest BCUT2D eigenvalue weighted by Crippen LogP contribution is -2.12. The van der Waals surface area contributed by atoms with Crippen LogP contribution >= 0.6 is 0 Å². The Morgan fingerprint density at radius 3 is 2.31 bits per heavy atom. The minimum Gasteiger partial charge on any atom is -0.493 e. The van der Waals surface area contributed by atoms with Crippen LogP contribution in [0.25, 0.3) is 10.9 Å². The first-order valence-corrected chi connectivity index (χ1v) is 15.0. The van der Waals surface area contributed by atoms with Crippen LogP contribution in [0, 0.1) is 13.8 Å². The van der Waals surface area contributed by atoms with Crippen LogP contribution in [0.1, 0.15) is 46.4 Å². The fourth-order valence-corrected chi connectivity index (χ4v) is 6.37. The predicted octanol–water partition coefficient (Wildman–Crippen LogP) is 6.51. The van der Waals surface area contributed by atoms with Crippen LogP contribution in [0.4, 0.5) is 5.69 Å². The highest BCUT2D eigenvalue weighted by Gasteiger charge is 2.40. The summed E-state index contributed by atoms with van der Waals surface area (Å²) in [4.78, 5) is 4.67. The number of nitrogens with zero attached hydrogens (tertiary/aromatic N) is 2. The van der Waals surface area contributed by atoms with Gasteiger partial charge in [-0.25, -0.2) is 8.42 Å². The number of hydrogen-bond acceptors (Lipinski definition) is 8. The number of hydrogen-bond donors (Lipinski definition) is 1. The molecule has 1 aliphatic rings. The van der Waals surface area contributed by atoms with Crippen molar-refractivity contribution in [2.24, 2.45) is 0 Å². The predicted molar refractivity (Wildman–Crippen MR) is 159 cm³/mol. The van der Waals surface area contributed by atoms with E-state index in [4.69, 9.17) is 18.7 Å². The second-order valence-electron chi connectivity index (χ2n) is 10.4. The van der Waals surface area contributed by atoms with Crippen LogP contribution in [0.15, 0.2) is 82.3 Å². The van der Waals surface area contributed by atoms with Gasteiger partial charge in [0, 0.05) is 23.3 Å². The molecule has 42 heavy (non-hydrogen) atoms. The van der Waals surface area contributed by atoms with Crippen LogP contribution in [-0.2, 0) is 16.6 Å². The number of ether oxygens (including phenoxy) is 3. The van der Waals surface area contributed by atoms with Gasteiger partial charge in [-0.2, -0.15) is 0 Å². The van der Waals surface area contributed by atoms with Gasteiger partial charge in [-0.05, 0) is 91.8 Å². The van der Waals surface area contributed by atoms with E-state index in [9.17, 15) is 8.42 Å². The zero-order valence-corrected chi connectivity index (χ0v) is 24.6. The summed E-state index contributed by atoms with van der Waals surface area (Å²) < 4.78 is 50.7. The summed E-state index contributed by atoms with van der Waals surface area (Å²) in [5.74, 6) is 3.26. The normalized spacial score (nSPS) is 16.3.